The molecule has 0 heterocycles. The van der Waals surface area contributed by atoms with Gasteiger partial charge < -0.3 is 5.32 Å². The third-order valence-electron chi connectivity index (χ3n) is 2.80. The molecular weight excluding hydrogens is 360 g/mol. The van der Waals surface area contributed by atoms with Crippen molar-refractivity contribution in [3.8, 4) is 0 Å². The summed E-state index contributed by atoms with van der Waals surface area (Å²) in [7, 11) is 0. The van der Waals surface area contributed by atoms with E-state index < -0.39 is 4.92 Å². The molecule has 0 saturated carbocycles. The van der Waals surface area contributed by atoms with Crippen molar-refractivity contribution in [2.45, 2.75) is 6.92 Å². The van der Waals surface area contributed by atoms with E-state index in [2.05, 4.69) is 21.2 Å². The summed E-state index contributed by atoms with van der Waals surface area (Å²) < 4.78 is 0.677. The molecule has 5 nitrogen and oxygen atoms in total. The maximum absolute atomic E-state index is 12.2. The lowest BCUT2D eigenvalue weighted by Gasteiger charge is -2.09. The van der Waals surface area contributed by atoms with Crippen LogP contribution in [0.2, 0.25) is 5.02 Å². The van der Waals surface area contributed by atoms with Gasteiger partial charge in [-0.3, -0.25) is 14.9 Å². The first kappa shape index (κ1) is 15.5. The SMILES string of the molecule is Cc1ccc([N+](=O)[O-])cc1NC(=O)c1cc(Cl)cc(Br)c1. The Bertz CT molecular complexity index is 714. The molecular formula is C14H10BrClN2O3. The number of nitrogens with one attached hydrogen (secondary N) is 1. The van der Waals surface area contributed by atoms with Gasteiger partial charge in [-0.1, -0.05) is 33.6 Å². The minimum Gasteiger partial charge on any atom is -0.321 e. The standard InChI is InChI=1S/C14H10BrClN2O3/c1-8-2-3-12(18(20)21)7-13(8)17-14(19)9-4-10(15)6-11(16)5-9/h2-7H,1H3,(H,17,19). The van der Waals surface area contributed by atoms with E-state index in [0.29, 0.717) is 20.7 Å². The van der Waals surface area contributed by atoms with Gasteiger partial charge in [-0.2, -0.15) is 0 Å². The molecule has 0 fully saturated rings. The Kier molecular flexibility index (Phi) is 4.59. The van der Waals surface area contributed by atoms with E-state index in [1.54, 1.807) is 25.1 Å². The van der Waals surface area contributed by atoms with Crippen molar-refractivity contribution in [2.24, 2.45) is 0 Å². The number of halogens is 2. The Morgan fingerprint density at radius 1 is 1.29 bits per heavy atom. The Labute approximate surface area is 134 Å². The molecule has 0 atom stereocenters. The highest BCUT2D eigenvalue weighted by molar-refractivity contribution is 9.10. The van der Waals surface area contributed by atoms with E-state index in [0.717, 1.165) is 5.56 Å². The fourth-order valence-electron chi connectivity index (χ4n) is 1.74. The Morgan fingerprint density at radius 2 is 2.00 bits per heavy atom. The first-order valence-electron chi connectivity index (χ1n) is 5.89. The number of aryl methyl sites for hydroxylation is 1. The maximum Gasteiger partial charge on any atom is 0.271 e. The molecule has 0 aromatic heterocycles. The Balaban J connectivity index is 2.31. The summed E-state index contributed by atoms with van der Waals surface area (Å²) in [4.78, 5) is 22.5. The second kappa shape index (κ2) is 6.24. The van der Waals surface area contributed by atoms with Gasteiger partial charge in [-0.15, -0.1) is 0 Å². The molecule has 0 spiro atoms. The van der Waals surface area contributed by atoms with Gasteiger partial charge in [-0.05, 0) is 30.7 Å². The fourth-order valence-corrected chi connectivity index (χ4v) is 2.60. The smallest absolute Gasteiger partial charge is 0.271 e. The number of rotatable bonds is 3. The number of amides is 1. The Morgan fingerprint density at radius 3 is 2.62 bits per heavy atom. The minimum atomic E-state index is -0.509. The van der Waals surface area contributed by atoms with Crippen molar-refractivity contribution in [2.75, 3.05) is 5.32 Å². The first-order valence-corrected chi connectivity index (χ1v) is 7.06. The molecule has 0 aliphatic rings. The molecule has 0 bridgehead atoms. The van der Waals surface area contributed by atoms with E-state index in [1.807, 2.05) is 0 Å². The highest BCUT2D eigenvalue weighted by Crippen LogP contribution is 2.24. The van der Waals surface area contributed by atoms with Crippen LogP contribution in [-0.4, -0.2) is 10.8 Å². The van der Waals surface area contributed by atoms with Crippen LogP contribution in [0, 0.1) is 17.0 Å². The van der Waals surface area contributed by atoms with Crippen molar-refractivity contribution >= 4 is 44.8 Å². The van der Waals surface area contributed by atoms with Gasteiger partial charge in [0.2, 0.25) is 0 Å². The van der Waals surface area contributed by atoms with Crippen molar-refractivity contribution < 1.29 is 9.72 Å². The molecule has 0 saturated heterocycles. The van der Waals surface area contributed by atoms with Gasteiger partial charge in [0, 0.05) is 27.2 Å². The summed E-state index contributed by atoms with van der Waals surface area (Å²) in [5.74, 6) is -0.387. The maximum atomic E-state index is 12.2. The average molecular weight is 370 g/mol. The minimum absolute atomic E-state index is 0.0804. The fraction of sp³-hybridized carbons (Fsp3) is 0.0714. The molecule has 2 rings (SSSR count). The molecule has 0 aliphatic carbocycles. The van der Waals surface area contributed by atoms with E-state index in [1.165, 1.54) is 18.2 Å². The molecule has 1 N–H and O–H groups in total. The molecule has 0 aliphatic heterocycles. The number of non-ortho nitro benzene ring substituents is 1. The highest BCUT2D eigenvalue weighted by Gasteiger charge is 2.13. The van der Waals surface area contributed by atoms with Crippen LogP contribution >= 0.6 is 27.5 Å². The van der Waals surface area contributed by atoms with E-state index in [9.17, 15) is 14.9 Å². The number of nitrogens with zero attached hydrogens (tertiary/aromatic N) is 1. The van der Waals surface area contributed by atoms with Crippen molar-refractivity contribution in [3.63, 3.8) is 0 Å². The van der Waals surface area contributed by atoms with Crippen LogP contribution in [0.4, 0.5) is 11.4 Å². The number of nitro benzene ring substituents is 1. The van der Waals surface area contributed by atoms with Gasteiger partial charge in [0.1, 0.15) is 0 Å². The van der Waals surface area contributed by atoms with Gasteiger partial charge in [0.25, 0.3) is 11.6 Å². The summed E-state index contributed by atoms with van der Waals surface area (Å²) in [6.07, 6.45) is 0. The van der Waals surface area contributed by atoms with Crippen LogP contribution in [0.3, 0.4) is 0 Å². The summed E-state index contributed by atoms with van der Waals surface area (Å²) >= 11 is 9.15. The lowest BCUT2D eigenvalue weighted by molar-refractivity contribution is -0.384. The van der Waals surface area contributed by atoms with Crippen molar-refractivity contribution in [3.05, 3.63) is 67.1 Å². The quantitative estimate of drug-likeness (QED) is 0.636. The third-order valence-corrected chi connectivity index (χ3v) is 3.48. The van der Waals surface area contributed by atoms with Crippen LogP contribution in [0.1, 0.15) is 15.9 Å². The van der Waals surface area contributed by atoms with Crippen molar-refractivity contribution in [1.82, 2.24) is 0 Å². The number of benzene rings is 2. The first-order chi connectivity index (χ1) is 9.86. The third kappa shape index (κ3) is 3.80. The molecule has 0 unspecified atom stereocenters. The van der Waals surface area contributed by atoms with Crippen LogP contribution in [0.5, 0.6) is 0 Å². The highest BCUT2D eigenvalue weighted by atomic mass is 79.9. The van der Waals surface area contributed by atoms with E-state index in [-0.39, 0.29) is 11.6 Å². The Hall–Kier alpha value is -1.92. The van der Waals surface area contributed by atoms with Gasteiger partial charge in [-0.25, -0.2) is 0 Å². The summed E-state index contributed by atoms with van der Waals surface area (Å²) in [5.41, 5.74) is 1.41. The monoisotopic (exact) mass is 368 g/mol. The van der Waals surface area contributed by atoms with Crippen LogP contribution in [0.25, 0.3) is 0 Å². The molecule has 0 radical (unpaired) electrons. The number of nitro groups is 1. The van der Waals surface area contributed by atoms with Crippen LogP contribution < -0.4 is 5.32 Å². The van der Waals surface area contributed by atoms with E-state index in [4.69, 9.17) is 11.6 Å². The predicted octanol–water partition coefficient (Wildman–Crippen LogP) is 4.57. The molecule has 2 aromatic rings. The molecule has 1 amide bonds. The van der Waals surface area contributed by atoms with Gasteiger partial charge in [0.15, 0.2) is 0 Å². The molecule has 2 aromatic carbocycles. The molecule has 7 heteroatoms. The van der Waals surface area contributed by atoms with Gasteiger partial charge >= 0.3 is 0 Å². The second-order valence-electron chi connectivity index (χ2n) is 4.37. The largest absolute Gasteiger partial charge is 0.321 e. The number of hydrogen-bond donors (Lipinski definition) is 1. The van der Waals surface area contributed by atoms with Crippen LogP contribution in [0.15, 0.2) is 40.9 Å². The average Bonchev–Trinajstić information content (AvgIpc) is 2.39. The zero-order valence-corrected chi connectivity index (χ0v) is 13.2. The van der Waals surface area contributed by atoms with Gasteiger partial charge in [0.05, 0.1) is 10.6 Å². The zero-order valence-electron chi connectivity index (χ0n) is 10.9. The summed E-state index contributed by atoms with van der Waals surface area (Å²) in [6.45, 7) is 1.76. The molecule has 21 heavy (non-hydrogen) atoms. The lowest BCUT2D eigenvalue weighted by Crippen LogP contribution is -2.13. The van der Waals surface area contributed by atoms with Crippen LogP contribution in [-0.2, 0) is 0 Å². The topological polar surface area (TPSA) is 72.2 Å². The van der Waals surface area contributed by atoms with Crippen molar-refractivity contribution in [1.29, 1.82) is 0 Å². The van der Waals surface area contributed by atoms with E-state index >= 15 is 0 Å². The zero-order chi connectivity index (χ0) is 15.6. The summed E-state index contributed by atoms with van der Waals surface area (Å²) in [5, 5.41) is 13.9. The number of carbonyl (C=O) groups excluding carboxylic acids is 1. The summed E-state index contributed by atoms with van der Waals surface area (Å²) in [6, 6.07) is 9.11. The second-order valence-corrected chi connectivity index (χ2v) is 5.72. The number of hydrogen-bond acceptors (Lipinski definition) is 3. The molecule has 108 valence electrons. The lowest BCUT2D eigenvalue weighted by atomic mass is 10.1. The number of anilines is 1. The predicted molar refractivity (Wildman–Crippen MR) is 84.9 cm³/mol. The normalized spacial score (nSPS) is 10.2. The number of carbonyl (C=O) groups is 1.